The normalized spacial score (nSPS) is 19.4. The minimum absolute atomic E-state index is 0.0748. The summed E-state index contributed by atoms with van der Waals surface area (Å²) in [5, 5.41) is 9.08. The molecule has 0 aliphatic carbocycles. The van der Waals surface area contributed by atoms with Gasteiger partial charge >= 0.3 is 5.97 Å². The van der Waals surface area contributed by atoms with Crippen LogP contribution in [0.3, 0.4) is 0 Å². The van der Waals surface area contributed by atoms with E-state index in [9.17, 15) is 17.6 Å². The lowest BCUT2D eigenvalue weighted by atomic mass is 10.0. The number of benzene rings is 2. The van der Waals surface area contributed by atoms with E-state index in [1.54, 1.807) is 18.2 Å². The van der Waals surface area contributed by atoms with Crippen molar-refractivity contribution in [3.05, 3.63) is 65.5 Å². The SMILES string of the molecule is CN1CCN(S(=O)(=O)c2cccc(C(=O)O)c2)CC1c1ccccc1F. The Bertz CT molecular complexity index is 932. The maximum Gasteiger partial charge on any atom is 0.335 e. The molecule has 0 spiro atoms. The van der Waals surface area contributed by atoms with Crippen molar-refractivity contribution in [1.29, 1.82) is 0 Å². The van der Waals surface area contributed by atoms with Crippen molar-refractivity contribution in [2.45, 2.75) is 10.9 Å². The minimum Gasteiger partial charge on any atom is -0.478 e. The van der Waals surface area contributed by atoms with E-state index >= 15 is 0 Å². The maximum absolute atomic E-state index is 14.2. The molecule has 0 bridgehead atoms. The van der Waals surface area contributed by atoms with E-state index in [1.807, 2.05) is 11.9 Å². The minimum atomic E-state index is -3.87. The third-order valence-corrected chi connectivity index (χ3v) is 6.45. The van der Waals surface area contributed by atoms with Gasteiger partial charge in [-0.2, -0.15) is 4.31 Å². The molecule has 2 aromatic rings. The van der Waals surface area contributed by atoms with E-state index in [0.29, 0.717) is 12.1 Å². The number of aromatic carboxylic acids is 1. The standard InChI is InChI=1S/C18H19FN2O4S/c1-20-9-10-21(12-17(20)15-7-2-3-8-16(15)19)26(24,25)14-6-4-5-13(11-14)18(22)23/h2-8,11,17H,9-10,12H2,1H3,(H,22,23). The number of rotatable bonds is 4. The average molecular weight is 378 g/mol. The van der Waals surface area contributed by atoms with Crippen molar-refractivity contribution >= 4 is 16.0 Å². The summed E-state index contributed by atoms with van der Waals surface area (Å²) in [6.07, 6.45) is 0. The lowest BCUT2D eigenvalue weighted by Crippen LogP contribution is -2.49. The smallest absolute Gasteiger partial charge is 0.335 e. The van der Waals surface area contributed by atoms with Gasteiger partial charge < -0.3 is 5.11 Å². The third-order valence-electron chi connectivity index (χ3n) is 4.59. The first-order chi connectivity index (χ1) is 12.3. The van der Waals surface area contributed by atoms with Crippen LogP contribution in [0.2, 0.25) is 0 Å². The molecule has 3 rings (SSSR count). The van der Waals surface area contributed by atoms with Gasteiger partial charge in [0.15, 0.2) is 0 Å². The van der Waals surface area contributed by atoms with Gasteiger partial charge in [0.05, 0.1) is 16.5 Å². The predicted molar refractivity (Wildman–Crippen MR) is 93.9 cm³/mol. The number of carbonyl (C=O) groups is 1. The number of hydrogen-bond acceptors (Lipinski definition) is 4. The van der Waals surface area contributed by atoms with Crippen LogP contribution in [0.5, 0.6) is 0 Å². The van der Waals surface area contributed by atoms with E-state index in [0.717, 1.165) is 6.07 Å². The Hall–Kier alpha value is -2.29. The van der Waals surface area contributed by atoms with Crippen molar-refractivity contribution in [2.24, 2.45) is 0 Å². The number of carboxylic acids is 1. The highest BCUT2D eigenvalue weighted by molar-refractivity contribution is 7.89. The Morgan fingerprint density at radius 1 is 1.15 bits per heavy atom. The Morgan fingerprint density at radius 2 is 1.88 bits per heavy atom. The molecule has 2 aromatic carbocycles. The van der Waals surface area contributed by atoms with Crippen LogP contribution in [0.15, 0.2) is 53.4 Å². The highest BCUT2D eigenvalue weighted by Gasteiger charge is 2.34. The summed E-state index contributed by atoms with van der Waals surface area (Å²) in [4.78, 5) is 13.0. The molecule has 8 heteroatoms. The van der Waals surface area contributed by atoms with Crippen LogP contribution in [0.1, 0.15) is 22.0 Å². The van der Waals surface area contributed by atoms with Crippen molar-refractivity contribution in [2.75, 3.05) is 26.7 Å². The molecule has 138 valence electrons. The van der Waals surface area contributed by atoms with Gasteiger partial charge in [-0.1, -0.05) is 24.3 Å². The molecule has 1 saturated heterocycles. The van der Waals surface area contributed by atoms with Gasteiger partial charge in [0.1, 0.15) is 5.82 Å². The first kappa shape index (κ1) is 18.5. The summed E-state index contributed by atoms with van der Waals surface area (Å²) in [5.41, 5.74) is 0.347. The summed E-state index contributed by atoms with van der Waals surface area (Å²) in [5.74, 6) is -1.57. The molecule has 1 N–H and O–H groups in total. The lowest BCUT2D eigenvalue weighted by molar-refractivity contribution is 0.0696. The summed E-state index contributed by atoms with van der Waals surface area (Å²) >= 11 is 0. The van der Waals surface area contributed by atoms with Gasteiger partial charge in [-0.25, -0.2) is 17.6 Å². The van der Waals surface area contributed by atoms with Crippen molar-refractivity contribution in [3.63, 3.8) is 0 Å². The predicted octanol–water partition coefficient (Wildman–Crippen LogP) is 2.20. The molecule has 0 radical (unpaired) electrons. The Labute approximate surface area is 151 Å². The molecule has 1 unspecified atom stereocenters. The number of nitrogens with zero attached hydrogens (tertiary/aromatic N) is 2. The highest BCUT2D eigenvalue weighted by Crippen LogP contribution is 2.29. The van der Waals surface area contributed by atoms with Crippen LogP contribution in [0.4, 0.5) is 4.39 Å². The second-order valence-corrected chi connectivity index (χ2v) is 8.15. The third kappa shape index (κ3) is 3.48. The van der Waals surface area contributed by atoms with Gasteiger partial charge in [-0.15, -0.1) is 0 Å². The van der Waals surface area contributed by atoms with Crippen LogP contribution >= 0.6 is 0 Å². The zero-order valence-electron chi connectivity index (χ0n) is 14.2. The molecule has 0 saturated carbocycles. The summed E-state index contributed by atoms with van der Waals surface area (Å²) in [7, 11) is -2.05. The van der Waals surface area contributed by atoms with Crippen LogP contribution in [-0.2, 0) is 10.0 Å². The van der Waals surface area contributed by atoms with E-state index < -0.39 is 22.0 Å². The number of likely N-dealkylation sites (N-methyl/N-ethyl adjacent to an activating group) is 1. The van der Waals surface area contributed by atoms with Gasteiger partial charge in [0, 0.05) is 25.2 Å². The van der Waals surface area contributed by atoms with Crippen molar-refractivity contribution < 1.29 is 22.7 Å². The highest BCUT2D eigenvalue weighted by atomic mass is 32.2. The van der Waals surface area contributed by atoms with Crippen molar-refractivity contribution in [1.82, 2.24) is 9.21 Å². The largest absolute Gasteiger partial charge is 0.478 e. The van der Waals surface area contributed by atoms with Gasteiger partial charge in [-0.05, 0) is 31.3 Å². The Balaban J connectivity index is 1.92. The topological polar surface area (TPSA) is 77.9 Å². The second-order valence-electron chi connectivity index (χ2n) is 6.21. The molecular weight excluding hydrogens is 359 g/mol. The van der Waals surface area contributed by atoms with E-state index in [-0.39, 0.29) is 29.4 Å². The van der Waals surface area contributed by atoms with Gasteiger partial charge in [-0.3, -0.25) is 4.90 Å². The zero-order valence-corrected chi connectivity index (χ0v) is 15.0. The molecule has 1 heterocycles. The van der Waals surface area contributed by atoms with E-state index in [1.165, 1.54) is 28.6 Å². The fraction of sp³-hybridized carbons (Fsp3) is 0.278. The fourth-order valence-corrected chi connectivity index (χ4v) is 4.57. The van der Waals surface area contributed by atoms with E-state index in [2.05, 4.69) is 0 Å². The molecule has 1 aliphatic rings. The quantitative estimate of drug-likeness (QED) is 0.883. The number of halogens is 1. The Kier molecular flexibility index (Phi) is 5.08. The number of carboxylic acid groups (broad SMARTS) is 1. The van der Waals surface area contributed by atoms with Crippen LogP contribution in [0.25, 0.3) is 0 Å². The molecule has 1 aliphatic heterocycles. The molecule has 0 aromatic heterocycles. The monoisotopic (exact) mass is 378 g/mol. The lowest BCUT2D eigenvalue weighted by Gasteiger charge is -2.39. The molecular formula is C18H19FN2O4S. The maximum atomic E-state index is 14.2. The zero-order chi connectivity index (χ0) is 18.9. The first-order valence-electron chi connectivity index (χ1n) is 8.09. The number of piperazine rings is 1. The Morgan fingerprint density at radius 3 is 2.58 bits per heavy atom. The fourth-order valence-electron chi connectivity index (χ4n) is 3.09. The van der Waals surface area contributed by atoms with Gasteiger partial charge in [0.25, 0.3) is 0 Å². The molecule has 1 atom stereocenters. The summed E-state index contributed by atoms with van der Waals surface area (Å²) < 4.78 is 41.4. The molecule has 0 amide bonds. The molecule has 26 heavy (non-hydrogen) atoms. The summed E-state index contributed by atoms with van der Waals surface area (Å²) in [6.45, 7) is 0.787. The van der Waals surface area contributed by atoms with Crippen LogP contribution in [0, 0.1) is 5.82 Å². The van der Waals surface area contributed by atoms with Crippen LogP contribution in [-0.4, -0.2) is 55.4 Å². The van der Waals surface area contributed by atoms with Crippen molar-refractivity contribution in [3.8, 4) is 0 Å². The number of sulfonamides is 1. The molecule has 1 fully saturated rings. The van der Waals surface area contributed by atoms with E-state index in [4.69, 9.17) is 5.11 Å². The second kappa shape index (κ2) is 7.14. The van der Waals surface area contributed by atoms with Gasteiger partial charge in [0.2, 0.25) is 10.0 Å². The van der Waals surface area contributed by atoms with Crippen LogP contribution < -0.4 is 0 Å². The molecule has 6 nitrogen and oxygen atoms in total. The summed E-state index contributed by atoms with van der Waals surface area (Å²) in [6, 6.07) is 11.2. The average Bonchev–Trinajstić information content (AvgIpc) is 2.63. The number of hydrogen-bond donors (Lipinski definition) is 1. The first-order valence-corrected chi connectivity index (χ1v) is 9.53.